The van der Waals surface area contributed by atoms with E-state index in [1.165, 1.54) is 6.42 Å². The van der Waals surface area contributed by atoms with Crippen LogP contribution >= 0.6 is 0 Å². The van der Waals surface area contributed by atoms with Gasteiger partial charge in [0.2, 0.25) is 0 Å². The first-order valence-electron chi connectivity index (χ1n) is 12.0. The van der Waals surface area contributed by atoms with E-state index in [9.17, 15) is 14.8 Å². The van der Waals surface area contributed by atoms with Crippen LogP contribution in [0, 0.1) is 28.6 Å². The topological polar surface area (TPSA) is 85.2 Å². The molecule has 0 aliphatic heterocycles. The van der Waals surface area contributed by atoms with Crippen LogP contribution in [0.5, 0.6) is 5.75 Å². The zero-order valence-electron chi connectivity index (χ0n) is 20.8. The van der Waals surface area contributed by atoms with Crippen molar-refractivity contribution in [1.82, 2.24) is 0 Å². The first-order valence-corrected chi connectivity index (χ1v) is 12.0. The first-order chi connectivity index (χ1) is 15.3. The smallest absolute Gasteiger partial charge is 0.149 e. The molecule has 0 spiro atoms. The molecule has 0 heterocycles. The number of carbonyl (C=O) groups excluding carboxylic acids is 1. The number of rotatable bonds is 12. The van der Waals surface area contributed by atoms with E-state index in [1.54, 1.807) is 13.2 Å². The molecule has 1 N–H and O–H groups in total. The Hall–Kier alpha value is -1.79. The summed E-state index contributed by atoms with van der Waals surface area (Å²) in [5, 5.41) is 13.8. The highest BCUT2D eigenvalue weighted by Gasteiger charge is 2.40. The minimum atomic E-state index is -0.470. The fourth-order valence-electron chi connectivity index (χ4n) is 4.51. The van der Waals surface area contributed by atoms with Crippen molar-refractivity contribution in [2.45, 2.75) is 78.7 Å². The van der Waals surface area contributed by atoms with Gasteiger partial charge in [0.25, 0.3) is 0 Å². The Morgan fingerprint density at radius 2 is 1.88 bits per heavy atom. The number of methoxy groups -OCH3 is 1. The maximum Gasteiger partial charge on any atom is 0.149 e. The maximum absolute atomic E-state index is 11.2. The molecule has 6 nitrogen and oxygen atoms in total. The minimum Gasteiger partial charge on any atom is -0.491 e. The Balaban J connectivity index is 0.00000161. The molecule has 6 heteroatoms. The number of nitroso groups, excluding NO2 is 1. The van der Waals surface area contributed by atoms with E-state index in [1.807, 2.05) is 19.1 Å². The molecule has 1 aliphatic carbocycles. The first kappa shape index (κ1) is 28.2. The third kappa shape index (κ3) is 8.62. The summed E-state index contributed by atoms with van der Waals surface area (Å²) in [6, 6.07) is 5.62. The SMILES string of the molecule is CCC.COCCCOc1cc([C@@H]2C[C@H](C(O)C[C@@H](C)C=O)CC2C(C)C)ccc1N=O. The van der Waals surface area contributed by atoms with Crippen LogP contribution in [-0.4, -0.2) is 37.8 Å². The molecule has 2 unspecified atom stereocenters. The zero-order valence-corrected chi connectivity index (χ0v) is 20.8. The number of aldehydes is 1. The summed E-state index contributed by atoms with van der Waals surface area (Å²) in [4.78, 5) is 22.1. The molecule has 1 saturated carbocycles. The van der Waals surface area contributed by atoms with Gasteiger partial charge in [-0.05, 0) is 65.8 Å². The minimum absolute atomic E-state index is 0.133. The number of aliphatic hydroxyl groups is 1. The molecule has 1 aliphatic rings. The Morgan fingerprint density at radius 3 is 2.44 bits per heavy atom. The van der Waals surface area contributed by atoms with Crippen molar-refractivity contribution in [3.63, 3.8) is 0 Å². The Morgan fingerprint density at radius 1 is 1.19 bits per heavy atom. The van der Waals surface area contributed by atoms with Gasteiger partial charge in [0, 0.05) is 26.1 Å². The van der Waals surface area contributed by atoms with Gasteiger partial charge < -0.3 is 19.4 Å². The lowest BCUT2D eigenvalue weighted by Gasteiger charge is -2.24. The largest absolute Gasteiger partial charge is 0.491 e. The van der Waals surface area contributed by atoms with Crippen molar-refractivity contribution >= 4 is 12.0 Å². The molecule has 1 aromatic rings. The third-order valence-electron chi connectivity index (χ3n) is 6.16. The summed E-state index contributed by atoms with van der Waals surface area (Å²) in [5.41, 5.74) is 1.43. The second-order valence-electron chi connectivity index (χ2n) is 9.38. The highest BCUT2D eigenvalue weighted by atomic mass is 16.5. The van der Waals surface area contributed by atoms with E-state index in [4.69, 9.17) is 9.47 Å². The maximum atomic E-state index is 11.2. The molecule has 32 heavy (non-hydrogen) atoms. The van der Waals surface area contributed by atoms with Crippen LogP contribution < -0.4 is 4.74 Å². The van der Waals surface area contributed by atoms with Crippen LogP contribution in [0.15, 0.2) is 23.4 Å². The molecule has 1 fully saturated rings. The molecule has 5 atom stereocenters. The van der Waals surface area contributed by atoms with Crippen molar-refractivity contribution in [2.24, 2.45) is 28.8 Å². The highest BCUT2D eigenvalue weighted by Crippen LogP contribution is 2.49. The lowest BCUT2D eigenvalue weighted by Crippen LogP contribution is -2.21. The lowest BCUT2D eigenvalue weighted by atomic mass is 9.82. The number of carbonyl (C=O) groups is 1. The van der Waals surface area contributed by atoms with Gasteiger partial charge in [0.15, 0.2) is 0 Å². The third-order valence-corrected chi connectivity index (χ3v) is 6.16. The van der Waals surface area contributed by atoms with Crippen LogP contribution in [0.3, 0.4) is 0 Å². The van der Waals surface area contributed by atoms with E-state index in [0.29, 0.717) is 42.9 Å². The van der Waals surface area contributed by atoms with Gasteiger partial charge in [0.05, 0.1) is 12.7 Å². The predicted octanol–water partition coefficient (Wildman–Crippen LogP) is 6.27. The van der Waals surface area contributed by atoms with Crippen LogP contribution in [0.2, 0.25) is 0 Å². The second-order valence-corrected chi connectivity index (χ2v) is 9.38. The average Bonchev–Trinajstić information content (AvgIpc) is 3.23. The highest BCUT2D eigenvalue weighted by molar-refractivity contribution is 5.54. The number of ether oxygens (including phenoxy) is 2. The molecule has 0 bridgehead atoms. The molecule has 0 amide bonds. The quantitative estimate of drug-likeness (QED) is 0.231. The molecule has 2 rings (SSSR count). The van der Waals surface area contributed by atoms with Gasteiger partial charge in [-0.15, -0.1) is 4.91 Å². The second kappa shape index (κ2) is 15.1. The molecule has 0 saturated heterocycles. The van der Waals surface area contributed by atoms with Crippen molar-refractivity contribution < 1.29 is 19.4 Å². The van der Waals surface area contributed by atoms with E-state index >= 15 is 0 Å². The van der Waals surface area contributed by atoms with Crippen molar-refractivity contribution in [3.8, 4) is 5.75 Å². The number of hydrogen-bond donors (Lipinski definition) is 1. The van der Waals surface area contributed by atoms with E-state index in [2.05, 4.69) is 32.9 Å². The lowest BCUT2D eigenvalue weighted by molar-refractivity contribution is -0.111. The summed E-state index contributed by atoms with van der Waals surface area (Å²) in [6.45, 7) is 11.6. The molecular weight excluding hydrogens is 406 g/mol. The number of aliphatic hydroxyl groups excluding tert-OH is 1. The van der Waals surface area contributed by atoms with Gasteiger partial charge in [-0.25, -0.2) is 0 Å². The average molecular weight is 450 g/mol. The van der Waals surface area contributed by atoms with Crippen LogP contribution in [-0.2, 0) is 9.53 Å². The van der Waals surface area contributed by atoms with Gasteiger partial charge in [-0.2, -0.15) is 0 Å². The van der Waals surface area contributed by atoms with Gasteiger partial charge in [-0.1, -0.05) is 47.1 Å². The predicted molar refractivity (Wildman–Crippen MR) is 129 cm³/mol. The molecule has 182 valence electrons. The van der Waals surface area contributed by atoms with Gasteiger partial charge in [0.1, 0.15) is 17.7 Å². The van der Waals surface area contributed by atoms with E-state index in [0.717, 1.165) is 31.1 Å². The summed E-state index contributed by atoms with van der Waals surface area (Å²) < 4.78 is 10.8. The summed E-state index contributed by atoms with van der Waals surface area (Å²) in [5.74, 6) is 1.72. The normalized spacial score (nSPS) is 22.1. The molecule has 0 aromatic heterocycles. The fraction of sp³-hybridized carbons (Fsp3) is 0.731. The van der Waals surface area contributed by atoms with Crippen LogP contribution in [0.1, 0.15) is 78.2 Å². The zero-order chi connectivity index (χ0) is 24.1. The molecular formula is C26H43NO5. The number of nitrogens with zero attached hydrogens (tertiary/aromatic N) is 1. The standard InChI is InChI=1S/C23H35NO5.C3H8/c1-15(2)19-11-18(22(26)10-16(3)14-25)12-20(19)17-6-7-21(24-27)23(13-17)29-9-5-8-28-4;1-3-2/h6-7,13-16,18-20,22,26H,5,8-12H2,1-4H3;3H2,1-2H3/t16-,18-,19?,20+,22?;/m1./s1. The summed E-state index contributed by atoms with van der Waals surface area (Å²) in [6.07, 6.45) is 4.74. The van der Waals surface area contributed by atoms with Crippen molar-refractivity contribution in [2.75, 3.05) is 20.3 Å². The number of benzene rings is 1. The Kier molecular flexibility index (Phi) is 13.3. The molecule has 1 aromatic carbocycles. The summed E-state index contributed by atoms with van der Waals surface area (Å²) >= 11 is 0. The van der Waals surface area contributed by atoms with Crippen molar-refractivity contribution in [3.05, 3.63) is 28.7 Å². The van der Waals surface area contributed by atoms with E-state index < -0.39 is 6.10 Å². The monoisotopic (exact) mass is 449 g/mol. The van der Waals surface area contributed by atoms with Crippen LogP contribution in [0.25, 0.3) is 0 Å². The van der Waals surface area contributed by atoms with Crippen LogP contribution in [0.4, 0.5) is 5.69 Å². The van der Waals surface area contributed by atoms with Crippen molar-refractivity contribution in [1.29, 1.82) is 0 Å². The van der Waals surface area contributed by atoms with Gasteiger partial charge >= 0.3 is 0 Å². The summed E-state index contributed by atoms with van der Waals surface area (Å²) in [7, 11) is 1.64. The Labute approximate surface area is 194 Å². The van der Waals surface area contributed by atoms with Gasteiger partial charge in [-0.3, -0.25) is 0 Å². The number of hydrogen-bond acceptors (Lipinski definition) is 6. The fourth-order valence-corrected chi connectivity index (χ4v) is 4.51. The Bertz CT molecular complexity index is 678. The molecule has 0 radical (unpaired) electrons. The van der Waals surface area contributed by atoms with E-state index in [-0.39, 0.29) is 17.8 Å².